The van der Waals surface area contributed by atoms with Crippen LogP contribution in [0.3, 0.4) is 0 Å². The highest BCUT2D eigenvalue weighted by Crippen LogP contribution is 2.40. The zero-order valence-corrected chi connectivity index (χ0v) is 28.6. The molecular formula is C30H37ClN6O10S2. The van der Waals surface area contributed by atoms with E-state index in [-0.39, 0.29) is 46.1 Å². The molecule has 5 rings (SSSR count). The van der Waals surface area contributed by atoms with Gasteiger partial charge in [-0.2, -0.15) is 4.72 Å². The maximum Gasteiger partial charge on any atom is 0.326 e. The standard InChI is InChI=1S/C30H37ClN6O10S2/c1-15(28(39)37-22-5-3-2-4-18(22)11-23(37)30(42)43)34-21(29(40)41)14-33-27(38)17-8-6-16(7-9-17)10-26-35-20-12-19(31)24(48(32,44)45)13-25(20)49(46,47)36-26/h6-9,12-13,15,18,21-23,26,34-36H,2-5,10-11,14H2,1H3,(H,33,38)(H,40,41)(H,42,43)(H2,32,44,45)/t15-,18?,21-,22?,23?,26?/m0/s1. The Morgan fingerprint density at radius 2 is 1.78 bits per heavy atom. The lowest BCUT2D eigenvalue weighted by molar-refractivity contribution is -0.151. The number of carboxylic acids is 2. The number of carbonyl (C=O) groups excluding carboxylic acids is 2. The molecule has 2 aromatic rings. The van der Waals surface area contributed by atoms with Gasteiger partial charge >= 0.3 is 11.9 Å². The number of primary sulfonamides is 1. The summed E-state index contributed by atoms with van der Waals surface area (Å²) in [6.07, 6.45) is 3.04. The van der Waals surface area contributed by atoms with Gasteiger partial charge in [0.25, 0.3) is 5.91 Å². The summed E-state index contributed by atoms with van der Waals surface area (Å²) < 4.78 is 51.7. The van der Waals surface area contributed by atoms with E-state index in [0.29, 0.717) is 18.4 Å². The predicted molar refractivity (Wildman–Crippen MR) is 176 cm³/mol. The normalized spacial score (nSPS) is 24.1. The van der Waals surface area contributed by atoms with Crippen molar-refractivity contribution >= 4 is 61.1 Å². The van der Waals surface area contributed by atoms with Crippen LogP contribution in [0.5, 0.6) is 0 Å². The van der Waals surface area contributed by atoms with Gasteiger partial charge in [0.1, 0.15) is 21.9 Å². The molecule has 0 radical (unpaired) electrons. The summed E-state index contributed by atoms with van der Waals surface area (Å²) in [7, 11) is -8.42. The number of nitrogens with zero attached hydrogens (tertiary/aromatic N) is 1. The van der Waals surface area contributed by atoms with Crippen LogP contribution >= 0.6 is 11.6 Å². The van der Waals surface area contributed by atoms with Crippen molar-refractivity contribution in [1.29, 1.82) is 0 Å². The lowest BCUT2D eigenvalue weighted by atomic mass is 9.84. The Balaban J connectivity index is 1.18. The Kier molecular flexibility index (Phi) is 10.6. The van der Waals surface area contributed by atoms with Crippen LogP contribution in [0.2, 0.25) is 5.02 Å². The molecule has 6 atom stereocenters. The number of amides is 2. The van der Waals surface area contributed by atoms with E-state index in [1.165, 1.54) is 24.0 Å². The minimum atomic E-state index is -4.27. The van der Waals surface area contributed by atoms with Crippen LogP contribution < -0.4 is 25.8 Å². The number of anilines is 1. The lowest BCUT2D eigenvalue weighted by Gasteiger charge is -2.35. The summed E-state index contributed by atoms with van der Waals surface area (Å²) in [6.45, 7) is 1.11. The van der Waals surface area contributed by atoms with Gasteiger partial charge in [0, 0.05) is 24.6 Å². The van der Waals surface area contributed by atoms with Crippen molar-refractivity contribution < 1.29 is 46.2 Å². The molecule has 8 N–H and O–H groups in total. The SMILES string of the molecule is C[C@H](N[C@@H](CNC(=O)c1ccc(CC2Nc3cc(Cl)c(S(N)(=O)=O)cc3S(=O)(=O)N2)cc1)C(=O)O)C(=O)N1C(C(=O)O)CC2CCCCC21. The Morgan fingerprint density at radius 3 is 2.41 bits per heavy atom. The first-order valence-electron chi connectivity index (χ1n) is 15.5. The molecule has 2 aromatic carbocycles. The third-order valence-electron chi connectivity index (χ3n) is 9.13. The van der Waals surface area contributed by atoms with Gasteiger partial charge in [-0.3, -0.25) is 19.7 Å². The molecular weight excluding hydrogens is 704 g/mol. The summed E-state index contributed by atoms with van der Waals surface area (Å²) in [4.78, 5) is 50.8. The van der Waals surface area contributed by atoms with Gasteiger partial charge in [-0.05, 0) is 61.9 Å². The summed E-state index contributed by atoms with van der Waals surface area (Å²) in [5.74, 6) is -3.40. The van der Waals surface area contributed by atoms with Crippen molar-refractivity contribution in [3.8, 4) is 0 Å². The minimum absolute atomic E-state index is 0.0788. The van der Waals surface area contributed by atoms with Gasteiger partial charge in [0.15, 0.2) is 0 Å². The molecule has 49 heavy (non-hydrogen) atoms. The van der Waals surface area contributed by atoms with Gasteiger partial charge in [-0.25, -0.2) is 26.8 Å². The number of halogens is 1. The summed E-state index contributed by atoms with van der Waals surface area (Å²) in [6, 6.07) is 4.61. The Morgan fingerprint density at radius 1 is 1.10 bits per heavy atom. The molecule has 2 fully saturated rings. The molecule has 2 heterocycles. The fourth-order valence-electron chi connectivity index (χ4n) is 6.78. The molecule has 3 aliphatic rings. The number of hydrogen-bond donors (Lipinski definition) is 7. The van der Waals surface area contributed by atoms with Crippen LogP contribution in [-0.2, 0) is 40.9 Å². The number of aliphatic carboxylic acids is 2. The smallest absolute Gasteiger partial charge is 0.326 e. The number of nitrogens with one attached hydrogen (secondary N) is 4. The van der Waals surface area contributed by atoms with E-state index in [4.69, 9.17) is 16.7 Å². The van der Waals surface area contributed by atoms with E-state index in [1.807, 2.05) is 0 Å². The number of carboxylic acid groups (broad SMARTS) is 2. The Hall–Kier alpha value is -3.81. The van der Waals surface area contributed by atoms with Crippen LogP contribution in [-0.4, -0.2) is 92.6 Å². The van der Waals surface area contributed by atoms with Crippen molar-refractivity contribution in [2.75, 3.05) is 11.9 Å². The zero-order valence-electron chi connectivity index (χ0n) is 26.3. The molecule has 2 aliphatic heterocycles. The lowest BCUT2D eigenvalue weighted by Crippen LogP contribution is -2.57. The second kappa shape index (κ2) is 14.2. The minimum Gasteiger partial charge on any atom is -0.480 e. The third kappa shape index (κ3) is 7.99. The van der Waals surface area contributed by atoms with E-state index in [2.05, 4.69) is 20.7 Å². The number of carbonyl (C=O) groups is 4. The highest BCUT2D eigenvalue weighted by Gasteiger charge is 2.48. The fraction of sp³-hybridized carbons (Fsp3) is 0.467. The maximum atomic E-state index is 13.4. The van der Waals surface area contributed by atoms with Gasteiger partial charge in [0.2, 0.25) is 26.0 Å². The summed E-state index contributed by atoms with van der Waals surface area (Å²) in [5, 5.41) is 32.7. The second-order valence-corrected chi connectivity index (χ2v) is 16.1. The number of nitrogens with two attached hydrogens (primary N) is 1. The monoisotopic (exact) mass is 740 g/mol. The van der Waals surface area contributed by atoms with Crippen LogP contribution in [0.25, 0.3) is 0 Å². The van der Waals surface area contributed by atoms with E-state index in [9.17, 15) is 46.2 Å². The first-order valence-corrected chi connectivity index (χ1v) is 18.9. The highest BCUT2D eigenvalue weighted by atomic mass is 35.5. The molecule has 0 bridgehead atoms. The van der Waals surface area contributed by atoms with Crippen LogP contribution in [0, 0.1) is 5.92 Å². The number of sulfonamides is 2. The Labute approximate surface area is 287 Å². The van der Waals surface area contributed by atoms with Crippen molar-refractivity contribution in [3.05, 3.63) is 52.5 Å². The van der Waals surface area contributed by atoms with Gasteiger partial charge < -0.3 is 25.7 Å². The van der Waals surface area contributed by atoms with Crippen LogP contribution in [0.4, 0.5) is 5.69 Å². The van der Waals surface area contributed by atoms with E-state index in [0.717, 1.165) is 31.4 Å². The molecule has 266 valence electrons. The molecule has 2 amide bonds. The van der Waals surface area contributed by atoms with E-state index < -0.39 is 73.0 Å². The third-order valence-corrected chi connectivity index (χ3v) is 12.0. The van der Waals surface area contributed by atoms with Crippen molar-refractivity contribution in [1.82, 2.24) is 20.3 Å². The Bertz CT molecular complexity index is 1880. The van der Waals surface area contributed by atoms with Crippen molar-refractivity contribution in [3.63, 3.8) is 0 Å². The zero-order chi connectivity index (χ0) is 35.8. The van der Waals surface area contributed by atoms with Gasteiger partial charge in [0.05, 0.1) is 22.9 Å². The molecule has 0 spiro atoms. The number of benzene rings is 2. The van der Waals surface area contributed by atoms with Crippen molar-refractivity contribution in [2.45, 2.75) is 85.6 Å². The molecule has 0 aromatic heterocycles. The fourth-order valence-corrected chi connectivity index (χ4v) is 9.28. The van der Waals surface area contributed by atoms with Gasteiger partial charge in [-0.1, -0.05) is 36.6 Å². The van der Waals surface area contributed by atoms with Gasteiger partial charge in [-0.15, -0.1) is 0 Å². The number of rotatable bonds is 11. The largest absolute Gasteiger partial charge is 0.480 e. The van der Waals surface area contributed by atoms with E-state index >= 15 is 0 Å². The molecule has 4 unspecified atom stereocenters. The second-order valence-electron chi connectivity index (χ2n) is 12.5. The summed E-state index contributed by atoms with van der Waals surface area (Å²) in [5.41, 5.74) is 0.883. The van der Waals surface area contributed by atoms with Crippen LogP contribution in [0.15, 0.2) is 46.2 Å². The average molecular weight is 741 g/mol. The number of likely N-dealkylation sites (tertiary alicyclic amines) is 1. The number of fused-ring (bicyclic) bond motifs is 2. The predicted octanol–water partition coefficient (Wildman–Crippen LogP) is 0.665. The van der Waals surface area contributed by atoms with E-state index in [1.54, 1.807) is 12.1 Å². The molecule has 1 saturated heterocycles. The first-order chi connectivity index (χ1) is 23.0. The molecule has 1 saturated carbocycles. The van der Waals surface area contributed by atoms with Crippen LogP contribution in [0.1, 0.15) is 54.9 Å². The molecule has 19 heteroatoms. The molecule has 1 aliphatic carbocycles. The summed E-state index contributed by atoms with van der Waals surface area (Å²) >= 11 is 6.03. The van der Waals surface area contributed by atoms with Crippen molar-refractivity contribution in [2.24, 2.45) is 11.1 Å². The average Bonchev–Trinajstić information content (AvgIpc) is 3.41. The quantitative estimate of drug-likeness (QED) is 0.168. The topological polar surface area (TPSA) is 254 Å². The molecule has 16 nitrogen and oxygen atoms in total. The highest BCUT2D eigenvalue weighted by molar-refractivity contribution is 7.90. The maximum absolute atomic E-state index is 13.4. The first kappa shape index (κ1) is 36.5. The number of hydrogen-bond acceptors (Lipinski definition) is 10.